The molecule has 0 heterocycles. The van der Waals surface area contributed by atoms with Crippen molar-refractivity contribution in [3.8, 4) is 5.75 Å². The molecular formula is C20H20N2O5. The van der Waals surface area contributed by atoms with Gasteiger partial charge < -0.3 is 20.1 Å². The molecule has 0 spiro atoms. The molecule has 0 aliphatic rings. The van der Waals surface area contributed by atoms with Crippen LogP contribution in [0.15, 0.2) is 60.7 Å². The second-order valence-corrected chi connectivity index (χ2v) is 5.58. The van der Waals surface area contributed by atoms with Crippen molar-refractivity contribution in [1.29, 1.82) is 0 Å². The second-order valence-electron chi connectivity index (χ2n) is 5.58. The lowest BCUT2D eigenvalue weighted by molar-refractivity contribution is -0.112. The maximum absolute atomic E-state index is 12.3. The first-order valence-electron chi connectivity index (χ1n) is 8.22. The minimum atomic E-state index is -0.798. The van der Waals surface area contributed by atoms with E-state index >= 15 is 0 Å². The van der Waals surface area contributed by atoms with Gasteiger partial charge in [0, 0.05) is 22.5 Å². The molecule has 140 valence electrons. The van der Waals surface area contributed by atoms with Gasteiger partial charge in [-0.3, -0.25) is 9.59 Å². The summed E-state index contributed by atoms with van der Waals surface area (Å²) < 4.78 is 9.61. The van der Waals surface area contributed by atoms with E-state index in [2.05, 4.69) is 21.9 Å². The Labute approximate surface area is 157 Å². The fourth-order valence-corrected chi connectivity index (χ4v) is 2.00. The molecule has 0 unspecified atom stereocenters. The fourth-order valence-electron chi connectivity index (χ4n) is 2.00. The second kappa shape index (κ2) is 9.19. The molecule has 2 aromatic rings. The highest BCUT2D eigenvalue weighted by Crippen LogP contribution is 2.17. The minimum Gasteiger partial charge on any atom is -0.434 e. The number of carbonyl (C=O) groups excluding carboxylic acids is 3. The van der Waals surface area contributed by atoms with Crippen LogP contribution in [0.5, 0.6) is 5.75 Å². The molecule has 0 saturated heterocycles. The summed E-state index contributed by atoms with van der Waals surface area (Å²) in [5.41, 5.74) is 1.97. The predicted octanol–water partition coefficient (Wildman–Crippen LogP) is 3.99. The number of carbonyl (C=O) groups is 3. The Morgan fingerprint density at radius 3 is 2.00 bits per heavy atom. The first-order valence-corrected chi connectivity index (χ1v) is 8.22. The Bertz CT molecular complexity index is 842. The van der Waals surface area contributed by atoms with Crippen molar-refractivity contribution in [2.24, 2.45) is 0 Å². The number of hydrogen-bond acceptors (Lipinski definition) is 5. The molecule has 0 bridgehead atoms. The maximum atomic E-state index is 12.3. The van der Waals surface area contributed by atoms with E-state index in [1.54, 1.807) is 38.1 Å². The van der Waals surface area contributed by atoms with Gasteiger partial charge in [-0.2, -0.15) is 0 Å². The largest absolute Gasteiger partial charge is 0.513 e. The minimum absolute atomic E-state index is 0.217. The number of benzene rings is 2. The van der Waals surface area contributed by atoms with Gasteiger partial charge in [0.2, 0.25) is 0 Å². The van der Waals surface area contributed by atoms with Gasteiger partial charge >= 0.3 is 6.16 Å². The fraction of sp³-hybridized carbons (Fsp3) is 0.150. The summed E-state index contributed by atoms with van der Waals surface area (Å²) in [5.74, 6) is -0.309. The van der Waals surface area contributed by atoms with E-state index in [0.29, 0.717) is 22.5 Å². The van der Waals surface area contributed by atoms with Crippen LogP contribution in [0, 0.1) is 0 Å². The lowest BCUT2D eigenvalue weighted by Crippen LogP contribution is -2.13. The molecule has 0 saturated carbocycles. The van der Waals surface area contributed by atoms with Crippen LogP contribution in [0.2, 0.25) is 0 Å². The zero-order chi connectivity index (χ0) is 19.8. The Kier molecular flexibility index (Phi) is 6.71. The van der Waals surface area contributed by atoms with Crippen molar-refractivity contribution in [2.45, 2.75) is 13.8 Å². The van der Waals surface area contributed by atoms with Crippen LogP contribution in [0.1, 0.15) is 24.2 Å². The van der Waals surface area contributed by atoms with E-state index in [4.69, 9.17) is 4.74 Å². The van der Waals surface area contributed by atoms with E-state index in [-0.39, 0.29) is 24.2 Å². The van der Waals surface area contributed by atoms with Crippen LogP contribution in [-0.4, -0.2) is 24.6 Å². The summed E-state index contributed by atoms with van der Waals surface area (Å²) in [5, 5.41) is 5.42. The van der Waals surface area contributed by atoms with Gasteiger partial charge in [0.05, 0.1) is 6.61 Å². The first kappa shape index (κ1) is 19.7. The van der Waals surface area contributed by atoms with E-state index in [1.807, 2.05) is 0 Å². The Morgan fingerprint density at radius 2 is 1.48 bits per heavy atom. The number of hydrogen-bond donors (Lipinski definition) is 2. The number of nitrogens with one attached hydrogen (secondary N) is 2. The van der Waals surface area contributed by atoms with Gasteiger partial charge in [-0.05, 0) is 62.4 Å². The average Bonchev–Trinajstić information content (AvgIpc) is 2.64. The van der Waals surface area contributed by atoms with Crippen molar-refractivity contribution in [2.75, 3.05) is 17.2 Å². The smallest absolute Gasteiger partial charge is 0.434 e. The average molecular weight is 368 g/mol. The van der Waals surface area contributed by atoms with Gasteiger partial charge in [0.1, 0.15) is 5.75 Å². The van der Waals surface area contributed by atoms with E-state index < -0.39 is 6.16 Å². The SMILES string of the molecule is C=C(C)C(=O)Nc1ccc(NC(=O)c2ccc(OC(=O)OCC)cc2)cc1. The van der Waals surface area contributed by atoms with Crippen molar-refractivity contribution < 1.29 is 23.9 Å². The van der Waals surface area contributed by atoms with E-state index in [1.165, 1.54) is 24.3 Å². The standard InChI is InChI=1S/C20H20N2O5/c1-4-26-20(25)27-17-11-5-14(6-12-17)19(24)22-16-9-7-15(8-10-16)21-18(23)13(2)3/h5-12H,2,4H2,1,3H3,(H,21,23)(H,22,24). The van der Waals surface area contributed by atoms with Crippen molar-refractivity contribution in [3.63, 3.8) is 0 Å². The third-order valence-electron chi connectivity index (χ3n) is 3.37. The molecule has 7 nitrogen and oxygen atoms in total. The highest BCUT2D eigenvalue weighted by atomic mass is 16.7. The quantitative estimate of drug-likeness (QED) is 0.457. The Hall–Kier alpha value is -3.61. The molecule has 2 aromatic carbocycles. The number of rotatable bonds is 6. The van der Waals surface area contributed by atoms with Gasteiger partial charge in [-0.25, -0.2) is 4.79 Å². The van der Waals surface area contributed by atoms with Crippen molar-refractivity contribution in [3.05, 3.63) is 66.2 Å². The molecule has 0 radical (unpaired) electrons. The van der Waals surface area contributed by atoms with E-state index in [9.17, 15) is 14.4 Å². The zero-order valence-electron chi connectivity index (χ0n) is 15.1. The summed E-state index contributed by atoms with van der Waals surface area (Å²) in [6, 6.07) is 12.8. The van der Waals surface area contributed by atoms with Gasteiger partial charge in [0.25, 0.3) is 11.8 Å². The highest BCUT2D eigenvalue weighted by molar-refractivity contribution is 6.05. The number of amides is 2. The van der Waals surface area contributed by atoms with Gasteiger partial charge in [-0.15, -0.1) is 0 Å². The van der Waals surface area contributed by atoms with Crippen LogP contribution < -0.4 is 15.4 Å². The van der Waals surface area contributed by atoms with Crippen LogP contribution in [-0.2, 0) is 9.53 Å². The molecule has 2 N–H and O–H groups in total. The van der Waals surface area contributed by atoms with Crippen molar-refractivity contribution in [1.82, 2.24) is 0 Å². The van der Waals surface area contributed by atoms with Crippen molar-refractivity contribution >= 4 is 29.3 Å². The monoisotopic (exact) mass is 368 g/mol. The predicted molar refractivity (Wildman–Crippen MR) is 102 cm³/mol. The number of ether oxygens (including phenoxy) is 2. The molecule has 2 amide bonds. The summed E-state index contributed by atoms with van der Waals surface area (Å²) >= 11 is 0. The molecule has 7 heteroatoms. The van der Waals surface area contributed by atoms with E-state index in [0.717, 1.165) is 0 Å². The number of anilines is 2. The molecular weight excluding hydrogens is 348 g/mol. The summed E-state index contributed by atoms with van der Waals surface area (Å²) in [6.07, 6.45) is -0.798. The third-order valence-corrected chi connectivity index (χ3v) is 3.37. The normalized spacial score (nSPS) is 9.85. The maximum Gasteiger partial charge on any atom is 0.513 e. The molecule has 27 heavy (non-hydrogen) atoms. The highest BCUT2D eigenvalue weighted by Gasteiger charge is 2.09. The molecule has 0 atom stereocenters. The molecule has 0 aliphatic heterocycles. The lowest BCUT2D eigenvalue weighted by Gasteiger charge is -2.08. The molecule has 2 rings (SSSR count). The molecule has 0 fully saturated rings. The van der Waals surface area contributed by atoms with Gasteiger partial charge in [0.15, 0.2) is 0 Å². The summed E-state index contributed by atoms with van der Waals surface area (Å²) in [4.78, 5) is 35.1. The zero-order valence-corrected chi connectivity index (χ0v) is 15.1. The van der Waals surface area contributed by atoms with Crippen LogP contribution in [0.3, 0.4) is 0 Å². The summed E-state index contributed by atoms with van der Waals surface area (Å²) in [6.45, 7) is 7.08. The summed E-state index contributed by atoms with van der Waals surface area (Å²) in [7, 11) is 0. The topological polar surface area (TPSA) is 93.7 Å². The van der Waals surface area contributed by atoms with Gasteiger partial charge in [-0.1, -0.05) is 6.58 Å². The van der Waals surface area contributed by atoms with Crippen LogP contribution in [0.4, 0.5) is 16.2 Å². The lowest BCUT2D eigenvalue weighted by atomic mass is 10.2. The first-order chi connectivity index (χ1) is 12.9. The molecule has 0 aliphatic carbocycles. The Balaban J connectivity index is 1.95. The molecule has 0 aromatic heterocycles. The van der Waals surface area contributed by atoms with Crippen LogP contribution in [0.25, 0.3) is 0 Å². The third kappa shape index (κ3) is 6.00. The Morgan fingerprint density at radius 1 is 0.926 bits per heavy atom. The van der Waals surface area contributed by atoms with Crippen LogP contribution >= 0.6 is 0 Å².